The molecule has 116 valence electrons. The molecule has 4 aliphatic rings. The van der Waals surface area contributed by atoms with E-state index in [0.717, 1.165) is 11.5 Å². The fourth-order valence-corrected chi connectivity index (χ4v) is 6.91. The largest absolute Gasteiger partial charge is 0.388 e. The van der Waals surface area contributed by atoms with Crippen molar-refractivity contribution in [2.24, 2.45) is 16.7 Å². The van der Waals surface area contributed by atoms with E-state index >= 15 is 0 Å². The van der Waals surface area contributed by atoms with Gasteiger partial charge in [-0.3, -0.25) is 0 Å². The van der Waals surface area contributed by atoms with E-state index in [0.29, 0.717) is 22.0 Å². The van der Waals surface area contributed by atoms with Crippen LogP contribution in [0.15, 0.2) is 18.2 Å². The molecule has 4 bridgehead atoms. The third kappa shape index (κ3) is 1.98. The maximum Gasteiger partial charge on any atom is 0.292 e. The van der Waals surface area contributed by atoms with Crippen LogP contribution in [-0.2, 0) is 5.41 Å². The lowest BCUT2D eigenvalue weighted by Crippen LogP contribution is -2.56. The molecule has 2 heteroatoms. The van der Waals surface area contributed by atoms with Crippen LogP contribution in [0.1, 0.15) is 63.5 Å². The normalized spacial score (nSPS) is 42.2. The third-order valence-electron chi connectivity index (χ3n) is 6.57. The van der Waals surface area contributed by atoms with Gasteiger partial charge in [-0.05, 0) is 84.8 Å². The first-order chi connectivity index (χ1) is 10.4. The van der Waals surface area contributed by atoms with E-state index in [1.807, 2.05) is 6.07 Å². The maximum absolute atomic E-state index is 8.74. The summed E-state index contributed by atoms with van der Waals surface area (Å²) >= 11 is 0. The Morgan fingerprint density at radius 1 is 1.09 bits per heavy atom. The Hall–Kier alpha value is -1.49. The summed E-state index contributed by atoms with van der Waals surface area (Å²) < 4.78 is 5.06. The van der Waals surface area contributed by atoms with Gasteiger partial charge in [-0.1, -0.05) is 26.0 Å². The summed E-state index contributed by atoms with van der Waals surface area (Å²) in [5.41, 5.74) is 3.99. The van der Waals surface area contributed by atoms with Crippen molar-refractivity contribution in [3.63, 3.8) is 0 Å². The van der Waals surface area contributed by atoms with Gasteiger partial charge < -0.3 is 4.74 Å². The summed E-state index contributed by atoms with van der Waals surface area (Å²) in [5, 5.41) is 8.74. The Kier molecular flexibility index (Phi) is 2.75. The van der Waals surface area contributed by atoms with Crippen LogP contribution in [0, 0.1) is 35.2 Å². The number of benzene rings is 1. The van der Waals surface area contributed by atoms with E-state index in [1.165, 1.54) is 44.1 Å². The van der Waals surface area contributed by atoms with Crippen LogP contribution in [0.2, 0.25) is 0 Å². The lowest BCUT2D eigenvalue weighted by molar-refractivity contribution is -0.110. The molecular formula is C20H25NO. The average molecular weight is 295 g/mol. The monoisotopic (exact) mass is 295 g/mol. The van der Waals surface area contributed by atoms with Crippen LogP contribution in [0.4, 0.5) is 0 Å². The number of hydrogen-bond donors (Lipinski definition) is 0. The summed E-state index contributed by atoms with van der Waals surface area (Å²) in [4.78, 5) is 0. The molecule has 0 saturated heterocycles. The van der Waals surface area contributed by atoms with Gasteiger partial charge in [0.1, 0.15) is 5.75 Å². The van der Waals surface area contributed by atoms with Crippen molar-refractivity contribution >= 4 is 0 Å². The van der Waals surface area contributed by atoms with Gasteiger partial charge in [0.25, 0.3) is 6.26 Å². The fraction of sp³-hybridized carbons (Fsp3) is 0.650. The van der Waals surface area contributed by atoms with E-state index in [4.69, 9.17) is 10.00 Å². The lowest BCUT2D eigenvalue weighted by atomic mass is 9.39. The highest BCUT2D eigenvalue weighted by molar-refractivity contribution is 5.41. The zero-order valence-electron chi connectivity index (χ0n) is 13.9. The summed E-state index contributed by atoms with van der Waals surface area (Å²) in [5.74, 6) is 1.61. The van der Waals surface area contributed by atoms with Gasteiger partial charge in [0, 0.05) is 0 Å². The Morgan fingerprint density at radius 3 is 2.32 bits per heavy atom. The van der Waals surface area contributed by atoms with Gasteiger partial charge in [-0.25, -0.2) is 0 Å². The molecule has 4 fully saturated rings. The van der Waals surface area contributed by atoms with E-state index in [-0.39, 0.29) is 0 Å². The number of aryl methyl sites for hydroxylation is 1. The summed E-state index contributed by atoms with van der Waals surface area (Å²) in [6.07, 6.45) is 10.1. The predicted octanol–water partition coefficient (Wildman–Crippen LogP) is 5.10. The molecule has 0 aliphatic heterocycles. The Morgan fingerprint density at radius 2 is 1.77 bits per heavy atom. The second-order valence-corrected chi connectivity index (χ2v) is 9.08. The highest BCUT2D eigenvalue weighted by atomic mass is 16.5. The second kappa shape index (κ2) is 4.28. The van der Waals surface area contributed by atoms with Crippen LogP contribution < -0.4 is 4.74 Å². The van der Waals surface area contributed by atoms with E-state index in [1.54, 1.807) is 6.26 Å². The number of nitrogens with zero attached hydrogens (tertiary/aromatic N) is 1. The van der Waals surface area contributed by atoms with Gasteiger partial charge in [0.05, 0.1) is 0 Å². The van der Waals surface area contributed by atoms with Crippen molar-refractivity contribution in [2.45, 2.75) is 64.7 Å². The Balaban J connectivity index is 1.76. The van der Waals surface area contributed by atoms with Crippen molar-refractivity contribution in [2.75, 3.05) is 0 Å². The molecule has 0 radical (unpaired) electrons. The lowest BCUT2D eigenvalue weighted by Gasteiger charge is -2.65. The van der Waals surface area contributed by atoms with Gasteiger partial charge in [-0.15, -0.1) is 5.26 Å². The first-order valence-corrected chi connectivity index (χ1v) is 8.53. The van der Waals surface area contributed by atoms with Gasteiger partial charge >= 0.3 is 0 Å². The van der Waals surface area contributed by atoms with Gasteiger partial charge in [-0.2, -0.15) is 0 Å². The first-order valence-electron chi connectivity index (χ1n) is 8.53. The maximum atomic E-state index is 8.74. The summed E-state index contributed by atoms with van der Waals surface area (Å²) in [7, 11) is 0. The molecule has 0 spiro atoms. The van der Waals surface area contributed by atoms with Crippen molar-refractivity contribution in [1.82, 2.24) is 0 Å². The minimum Gasteiger partial charge on any atom is -0.388 e. The van der Waals surface area contributed by atoms with Gasteiger partial charge in [0.15, 0.2) is 0 Å². The zero-order valence-corrected chi connectivity index (χ0v) is 13.9. The van der Waals surface area contributed by atoms with Crippen LogP contribution >= 0.6 is 0 Å². The molecule has 1 aromatic carbocycles. The molecule has 0 aromatic heterocycles. The molecule has 4 saturated carbocycles. The molecule has 2 atom stereocenters. The number of rotatable bonds is 2. The quantitative estimate of drug-likeness (QED) is 0.711. The average Bonchev–Trinajstić information content (AvgIpc) is 2.37. The minimum atomic E-state index is 0.360. The highest BCUT2D eigenvalue weighted by Crippen LogP contribution is 2.69. The standard InChI is InChI=1S/C20H25NO/c1-14-6-16(4-5-17(14)22-13-21)20-9-15-7-18(2,11-20)10-19(3,8-15)12-20/h4-6,15H,7-12H2,1-3H3. The third-order valence-corrected chi connectivity index (χ3v) is 6.57. The topological polar surface area (TPSA) is 33.0 Å². The SMILES string of the molecule is Cc1cc(C23CC4CC(C)(CC(C)(C4)C2)C3)ccc1OC#N. The minimum absolute atomic E-state index is 0.360. The molecule has 2 nitrogen and oxygen atoms in total. The molecule has 0 heterocycles. The molecule has 5 rings (SSSR count). The molecule has 1 aromatic rings. The summed E-state index contributed by atoms with van der Waals surface area (Å²) in [6, 6.07) is 6.50. The Labute approximate surface area is 133 Å². The van der Waals surface area contributed by atoms with E-state index in [2.05, 4.69) is 32.9 Å². The van der Waals surface area contributed by atoms with Crippen molar-refractivity contribution in [3.05, 3.63) is 29.3 Å². The molecule has 2 unspecified atom stereocenters. The highest BCUT2D eigenvalue weighted by Gasteiger charge is 2.60. The molecule has 22 heavy (non-hydrogen) atoms. The first kappa shape index (κ1) is 14.1. The smallest absolute Gasteiger partial charge is 0.292 e. The van der Waals surface area contributed by atoms with Crippen LogP contribution in [0.25, 0.3) is 0 Å². The van der Waals surface area contributed by atoms with Gasteiger partial charge in [0.2, 0.25) is 0 Å². The fourth-order valence-electron chi connectivity index (χ4n) is 6.91. The van der Waals surface area contributed by atoms with Crippen molar-refractivity contribution < 1.29 is 4.74 Å². The van der Waals surface area contributed by atoms with E-state index < -0.39 is 0 Å². The number of ether oxygens (including phenoxy) is 1. The van der Waals surface area contributed by atoms with E-state index in [9.17, 15) is 0 Å². The molecule has 0 amide bonds. The molecular weight excluding hydrogens is 270 g/mol. The second-order valence-electron chi connectivity index (χ2n) is 9.08. The molecule has 4 aliphatic carbocycles. The number of hydrogen-bond acceptors (Lipinski definition) is 2. The van der Waals surface area contributed by atoms with Crippen molar-refractivity contribution in [1.29, 1.82) is 5.26 Å². The predicted molar refractivity (Wildman–Crippen MR) is 86.5 cm³/mol. The van der Waals surface area contributed by atoms with Crippen molar-refractivity contribution in [3.8, 4) is 12.0 Å². The molecule has 0 N–H and O–H groups in total. The summed E-state index contributed by atoms with van der Waals surface area (Å²) in [6.45, 7) is 7.09. The zero-order chi connectivity index (χ0) is 15.6. The van der Waals surface area contributed by atoms with Crippen LogP contribution in [-0.4, -0.2) is 0 Å². The Bertz CT molecular complexity index is 653. The number of nitriles is 1. The van der Waals surface area contributed by atoms with Crippen LogP contribution in [0.5, 0.6) is 5.75 Å². The van der Waals surface area contributed by atoms with Crippen LogP contribution in [0.3, 0.4) is 0 Å².